The third-order valence-electron chi connectivity index (χ3n) is 4.92. The van der Waals surface area contributed by atoms with E-state index in [0.717, 1.165) is 0 Å². The number of rotatable bonds is 7. The molecule has 0 fully saturated rings. The van der Waals surface area contributed by atoms with E-state index >= 15 is 0 Å². The molecule has 4 rings (SSSR count). The molecule has 0 radical (unpaired) electrons. The van der Waals surface area contributed by atoms with Gasteiger partial charge in [0.25, 0.3) is 5.91 Å². The van der Waals surface area contributed by atoms with Gasteiger partial charge in [-0.15, -0.1) is 0 Å². The zero-order chi connectivity index (χ0) is 21.8. The van der Waals surface area contributed by atoms with Crippen LogP contribution in [0.25, 0.3) is 0 Å². The summed E-state index contributed by atoms with van der Waals surface area (Å²) < 4.78 is 11.0. The summed E-state index contributed by atoms with van der Waals surface area (Å²) in [6.07, 6.45) is -0.592. The summed E-state index contributed by atoms with van der Waals surface area (Å²) in [6.45, 7) is 1.98. The number of hydrogen-bond donors (Lipinski definition) is 2. The molecule has 3 aromatic carbocycles. The number of para-hydroxylation sites is 2. The highest BCUT2D eigenvalue weighted by molar-refractivity contribution is 6.12. The van der Waals surface area contributed by atoms with Gasteiger partial charge in [0.15, 0.2) is 6.61 Å². The van der Waals surface area contributed by atoms with Gasteiger partial charge in [-0.05, 0) is 49.4 Å². The lowest BCUT2D eigenvalue weighted by atomic mass is 10.0. The van der Waals surface area contributed by atoms with Crippen molar-refractivity contribution < 1.29 is 24.2 Å². The lowest BCUT2D eigenvalue weighted by molar-refractivity contribution is -0.139. The standard InChI is InChI=1S/C24H22N2O5/c1-2-30-17-13-11-16(12-14-17)26-23(25-20-9-5-3-7-18(20)24(26)29)19-8-4-6-10-21(19)31-15-22(27)28/h3-14,23,25H,2,15H2,1H3,(H,27,28)/t23-/m1/s1. The molecule has 0 saturated carbocycles. The number of fused-ring (bicyclic) bond motifs is 1. The van der Waals surface area contributed by atoms with Crippen molar-refractivity contribution in [2.45, 2.75) is 13.1 Å². The Kier molecular flexibility index (Phi) is 5.75. The fraction of sp³-hybridized carbons (Fsp3) is 0.167. The van der Waals surface area contributed by atoms with E-state index in [-0.39, 0.29) is 5.91 Å². The highest BCUT2D eigenvalue weighted by atomic mass is 16.5. The van der Waals surface area contributed by atoms with Gasteiger partial charge in [-0.25, -0.2) is 4.79 Å². The highest BCUT2D eigenvalue weighted by Gasteiger charge is 2.35. The van der Waals surface area contributed by atoms with Gasteiger partial charge in [0.1, 0.15) is 17.7 Å². The van der Waals surface area contributed by atoms with Crippen LogP contribution in [0.15, 0.2) is 72.8 Å². The van der Waals surface area contributed by atoms with Gasteiger partial charge in [0, 0.05) is 16.9 Å². The van der Waals surface area contributed by atoms with Gasteiger partial charge in [0.2, 0.25) is 0 Å². The average molecular weight is 418 g/mol. The third-order valence-corrected chi connectivity index (χ3v) is 4.92. The molecule has 0 unspecified atom stereocenters. The first kappa shape index (κ1) is 20.3. The Morgan fingerprint density at radius 2 is 1.71 bits per heavy atom. The number of carbonyl (C=O) groups excluding carboxylic acids is 1. The number of carboxylic acid groups (broad SMARTS) is 1. The molecule has 7 nitrogen and oxygen atoms in total. The molecule has 0 aliphatic carbocycles. The van der Waals surface area contributed by atoms with E-state index in [1.807, 2.05) is 61.5 Å². The quantitative estimate of drug-likeness (QED) is 0.594. The van der Waals surface area contributed by atoms with Crippen molar-refractivity contribution in [1.29, 1.82) is 0 Å². The summed E-state index contributed by atoms with van der Waals surface area (Å²) in [4.78, 5) is 26.2. The zero-order valence-corrected chi connectivity index (χ0v) is 16.9. The van der Waals surface area contributed by atoms with Gasteiger partial charge in [-0.3, -0.25) is 9.69 Å². The molecule has 3 aromatic rings. The molecular formula is C24H22N2O5. The maximum absolute atomic E-state index is 13.5. The van der Waals surface area contributed by atoms with Crippen LogP contribution >= 0.6 is 0 Å². The predicted octanol–water partition coefficient (Wildman–Crippen LogP) is 4.32. The molecule has 1 atom stereocenters. The summed E-state index contributed by atoms with van der Waals surface area (Å²) in [5.41, 5.74) is 2.58. The van der Waals surface area contributed by atoms with E-state index in [2.05, 4.69) is 5.32 Å². The second-order valence-electron chi connectivity index (χ2n) is 6.91. The van der Waals surface area contributed by atoms with Crippen LogP contribution in [0.5, 0.6) is 11.5 Å². The second-order valence-corrected chi connectivity index (χ2v) is 6.91. The van der Waals surface area contributed by atoms with Crippen LogP contribution in [-0.2, 0) is 4.79 Å². The Balaban J connectivity index is 1.79. The van der Waals surface area contributed by atoms with Gasteiger partial charge >= 0.3 is 5.97 Å². The van der Waals surface area contributed by atoms with Crippen LogP contribution in [0.2, 0.25) is 0 Å². The molecule has 0 spiro atoms. The number of carbonyl (C=O) groups is 2. The van der Waals surface area contributed by atoms with E-state index in [1.165, 1.54) is 0 Å². The fourth-order valence-corrected chi connectivity index (χ4v) is 3.58. The lowest BCUT2D eigenvalue weighted by Crippen LogP contribution is -2.43. The Hall–Kier alpha value is -4.00. The Bertz CT molecular complexity index is 1100. The maximum Gasteiger partial charge on any atom is 0.341 e. The van der Waals surface area contributed by atoms with Crippen molar-refractivity contribution in [3.8, 4) is 11.5 Å². The number of carboxylic acids is 1. The molecule has 31 heavy (non-hydrogen) atoms. The highest BCUT2D eigenvalue weighted by Crippen LogP contribution is 2.39. The van der Waals surface area contributed by atoms with Gasteiger partial charge in [-0.1, -0.05) is 30.3 Å². The van der Waals surface area contributed by atoms with Crippen LogP contribution in [0.4, 0.5) is 11.4 Å². The molecule has 0 bridgehead atoms. The van der Waals surface area contributed by atoms with Crippen LogP contribution in [0.1, 0.15) is 29.0 Å². The largest absolute Gasteiger partial charge is 0.494 e. The number of aliphatic carboxylic acids is 1. The minimum Gasteiger partial charge on any atom is -0.494 e. The molecule has 2 N–H and O–H groups in total. The zero-order valence-electron chi connectivity index (χ0n) is 16.9. The van der Waals surface area contributed by atoms with Crippen molar-refractivity contribution in [3.63, 3.8) is 0 Å². The molecular weight excluding hydrogens is 396 g/mol. The Morgan fingerprint density at radius 3 is 2.45 bits per heavy atom. The number of amides is 1. The topological polar surface area (TPSA) is 88.1 Å². The van der Waals surface area contributed by atoms with Gasteiger partial charge in [-0.2, -0.15) is 0 Å². The Labute approximate surface area is 179 Å². The minimum atomic E-state index is -1.07. The first-order valence-corrected chi connectivity index (χ1v) is 9.94. The van der Waals surface area contributed by atoms with E-state index in [9.17, 15) is 9.59 Å². The first-order valence-electron chi connectivity index (χ1n) is 9.94. The molecule has 1 aliphatic heterocycles. The van der Waals surface area contributed by atoms with E-state index < -0.39 is 18.7 Å². The van der Waals surface area contributed by atoms with Crippen LogP contribution < -0.4 is 19.7 Å². The number of benzene rings is 3. The lowest BCUT2D eigenvalue weighted by Gasteiger charge is -2.38. The van der Waals surface area contributed by atoms with E-state index in [0.29, 0.717) is 40.6 Å². The number of hydrogen-bond acceptors (Lipinski definition) is 5. The molecule has 7 heteroatoms. The smallest absolute Gasteiger partial charge is 0.341 e. The van der Waals surface area contributed by atoms with Gasteiger partial charge in [0.05, 0.1) is 12.2 Å². The molecule has 1 amide bonds. The molecule has 158 valence electrons. The molecule has 0 saturated heterocycles. The van der Waals surface area contributed by atoms with Crippen molar-refractivity contribution in [2.75, 3.05) is 23.4 Å². The maximum atomic E-state index is 13.5. The summed E-state index contributed by atoms with van der Waals surface area (Å²) in [5.74, 6) is -0.135. The monoisotopic (exact) mass is 418 g/mol. The van der Waals surface area contributed by atoms with Crippen molar-refractivity contribution in [3.05, 3.63) is 83.9 Å². The number of nitrogens with zero attached hydrogens (tertiary/aromatic N) is 1. The molecule has 1 heterocycles. The third kappa shape index (κ3) is 4.16. The molecule has 0 aromatic heterocycles. The Morgan fingerprint density at radius 1 is 1.00 bits per heavy atom. The number of ether oxygens (including phenoxy) is 2. The van der Waals surface area contributed by atoms with Crippen LogP contribution in [0.3, 0.4) is 0 Å². The van der Waals surface area contributed by atoms with E-state index in [1.54, 1.807) is 23.1 Å². The molecule has 1 aliphatic rings. The SMILES string of the molecule is CCOc1ccc(N2C(=O)c3ccccc3N[C@H]2c2ccccc2OCC(=O)O)cc1. The first-order chi connectivity index (χ1) is 15.1. The number of anilines is 2. The van der Waals surface area contributed by atoms with E-state index in [4.69, 9.17) is 14.6 Å². The summed E-state index contributed by atoms with van der Waals surface area (Å²) in [6, 6.07) is 21.7. The minimum absolute atomic E-state index is 0.170. The van der Waals surface area contributed by atoms with Crippen molar-refractivity contribution in [1.82, 2.24) is 0 Å². The van der Waals surface area contributed by atoms with Gasteiger partial charge < -0.3 is 19.9 Å². The summed E-state index contributed by atoms with van der Waals surface area (Å²) >= 11 is 0. The van der Waals surface area contributed by atoms with Crippen LogP contribution in [0, 0.1) is 0 Å². The fourth-order valence-electron chi connectivity index (χ4n) is 3.58. The van der Waals surface area contributed by atoms with Crippen molar-refractivity contribution in [2.24, 2.45) is 0 Å². The van der Waals surface area contributed by atoms with Crippen molar-refractivity contribution >= 4 is 23.3 Å². The number of nitrogens with one attached hydrogen (secondary N) is 1. The average Bonchev–Trinajstić information content (AvgIpc) is 2.79. The summed E-state index contributed by atoms with van der Waals surface area (Å²) in [5, 5.41) is 12.4. The normalized spacial score (nSPS) is 15.1. The second kappa shape index (κ2) is 8.79. The van der Waals surface area contributed by atoms with Crippen LogP contribution in [-0.4, -0.2) is 30.2 Å². The summed E-state index contributed by atoms with van der Waals surface area (Å²) in [7, 11) is 0. The predicted molar refractivity (Wildman–Crippen MR) is 117 cm³/mol.